The predicted octanol–water partition coefficient (Wildman–Crippen LogP) is -0.216. The third-order valence-corrected chi connectivity index (χ3v) is 0. The first-order valence-corrected chi connectivity index (χ1v) is 1.67. The van der Waals surface area contributed by atoms with Crippen LogP contribution in [0.5, 0.6) is 0 Å². The molecule has 0 aliphatic rings. The zero-order valence-corrected chi connectivity index (χ0v) is 3.50. The molecular formula is CH4B2S. The molecule has 0 amide bonds. The Balaban J connectivity index is 0. The van der Waals surface area contributed by atoms with Gasteiger partial charge in [-0.05, 0) is 6.26 Å². The highest BCUT2D eigenvalue weighted by atomic mass is 32.1. The third-order valence-electron chi connectivity index (χ3n) is 0. The fraction of sp³-hybridized carbons (Fsp3) is 1.00. The highest BCUT2D eigenvalue weighted by Crippen LogP contribution is 1.31. The van der Waals surface area contributed by atoms with Crippen molar-refractivity contribution < 1.29 is 0 Å². The van der Waals surface area contributed by atoms with Crippen molar-refractivity contribution in [1.29, 1.82) is 0 Å². The molecule has 0 aliphatic heterocycles. The normalized spacial score (nSPS) is 2.50. The first kappa shape index (κ1) is 8.82. The molecule has 0 heterocycles. The molecule has 4 radical (unpaired) electrons. The topological polar surface area (TPSA) is 0 Å². The van der Waals surface area contributed by atoms with Crippen molar-refractivity contribution in [2.24, 2.45) is 0 Å². The fourth-order valence-electron chi connectivity index (χ4n) is 0. The van der Waals surface area contributed by atoms with Crippen LogP contribution in [0, 0.1) is 0 Å². The second-order valence-corrected chi connectivity index (χ2v) is 0. The van der Waals surface area contributed by atoms with Gasteiger partial charge >= 0.3 is 0 Å². The molecule has 0 rings (SSSR count). The van der Waals surface area contributed by atoms with E-state index in [-0.39, 0.29) is 0 Å². The Kier molecular flexibility index (Phi) is 205. The average molecular weight is 69.7 g/mol. The van der Waals surface area contributed by atoms with E-state index >= 15 is 0 Å². The number of hydrogen-bond acceptors (Lipinski definition) is 1. The van der Waals surface area contributed by atoms with Gasteiger partial charge in [0.15, 0.2) is 0 Å². The molecule has 0 unspecified atom stereocenters. The molecule has 0 aromatic heterocycles. The van der Waals surface area contributed by atoms with Crippen LogP contribution < -0.4 is 0 Å². The van der Waals surface area contributed by atoms with Gasteiger partial charge in [-0.3, -0.25) is 0 Å². The van der Waals surface area contributed by atoms with Gasteiger partial charge in [0.2, 0.25) is 0 Å². The van der Waals surface area contributed by atoms with Gasteiger partial charge in [-0.2, -0.15) is 12.6 Å². The van der Waals surface area contributed by atoms with Gasteiger partial charge in [0, 0.05) is 15.5 Å². The van der Waals surface area contributed by atoms with Crippen LogP contribution in [0.4, 0.5) is 0 Å². The molecule has 3 heteroatoms. The van der Waals surface area contributed by atoms with Gasteiger partial charge < -0.3 is 0 Å². The van der Waals surface area contributed by atoms with Crippen molar-refractivity contribution >= 4 is 28.1 Å². The Morgan fingerprint density at radius 1 is 1.25 bits per heavy atom. The lowest BCUT2D eigenvalue weighted by Crippen LogP contribution is -1.38. The van der Waals surface area contributed by atoms with Crippen LogP contribution >= 0.6 is 12.6 Å². The number of hydrogen-bond donors (Lipinski definition) is 1. The van der Waals surface area contributed by atoms with Gasteiger partial charge in [-0.15, -0.1) is 0 Å². The van der Waals surface area contributed by atoms with E-state index in [1.54, 1.807) is 6.26 Å². The van der Waals surface area contributed by atoms with E-state index in [0.717, 1.165) is 0 Å². The van der Waals surface area contributed by atoms with E-state index < -0.39 is 0 Å². The number of thiol groups is 1. The minimum atomic E-state index is 1.69. The molecule has 0 aliphatic carbocycles. The largest absolute Gasteiger partial charge is 0.183 e. The smallest absolute Gasteiger partial charge is 0 e. The summed E-state index contributed by atoms with van der Waals surface area (Å²) in [6.45, 7) is 0. The molecule has 0 N–H and O–H groups in total. The van der Waals surface area contributed by atoms with E-state index in [1.807, 2.05) is 0 Å². The Morgan fingerprint density at radius 2 is 1.25 bits per heavy atom. The molecule has 0 spiro atoms. The van der Waals surface area contributed by atoms with Crippen molar-refractivity contribution in [2.45, 2.75) is 0 Å². The average Bonchev–Trinajstić information content (AvgIpc) is 1.50. The molecular weight excluding hydrogens is 65.7 g/mol. The van der Waals surface area contributed by atoms with E-state index in [4.69, 9.17) is 0 Å². The van der Waals surface area contributed by atoms with Gasteiger partial charge in [-0.1, -0.05) is 0 Å². The lowest BCUT2D eigenvalue weighted by molar-refractivity contribution is 2.55. The van der Waals surface area contributed by atoms with Crippen molar-refractivity contribution in [3.63, 3.8) is 0 Å². The Bertz CT molecular complexity index is 6.00. The summed E-state index contributed by atoms with van der Waals surface area (Å²) in [6.07, 6.45) is 1.69. The minimum Gasteiger partial charge on any atom is -0.183 e. The Labute approximate surface area is 35.2 Å². The first-order valence-electron chi connectivity index (χ1n) is 0.781. The SMILES string of the molecule is CS.[B][B]. The molecule has 20 valence electrons. The van der Waals surface area contributed by atoms with Crippen LogP contribution in [0.3, 0.4) is 0 Å². The van der Waals surface area contributed by atoms with Crippen molar-refractivity contribution in [3.8, 4) is 0 Å². The summed E-state index contributed by atoms with van der Waals surface area (Å²) in [6, 6.07) is 0. The minimum absolute atomic E-state index is 1.69. The molecule has 0 atom stereocenters. The summed E-state index contributed by atoms with van der Waals surface area (Å²) in [5.41, 5.74) is 0. The van der Waals surface area contributed by atoms with Gasteiger partial charge in [0.25, 0.3) is 0 Å². The zero-order valence-electron chi connectivity index (χ0n) is 2.60. The van der Waals surface area contributed by atoms with Crippen LogP contribution in [-0.4, -0.2) is 21.7 Å². The molecule has 0 aromatic carbocycles. The molecule has 0 bridgehead atoms. The highest BCUT2D eigenvalue weighted by Gasteiger charge is 1.00. The molecule has 0 fully saturated rings. The van der Waals surface area contributed by atoms with Gasteiger partial charge in [0.1, 0.15) is 0 Å². The monoisotopic (exact) mass is 70.0 g/mol. The van der Waals surface area contributed by atoms with Gasteiger partial charge in [0.05, 0.1) is 0 Å². The number of rotatable bonds is 0. The lowest BCUT2D eigenvalue weighted by Gasteiger charge is -1.11. The second kappa shape index (κ2) is 92.9. The third kappa shape index (κ3) is 23.6. The van der Waals surface area contributed by atoms with E-state index in [1.165, 1.54) is 0 Å². The first-order chi connectivity index (χ1) is 2.00. The van der Waals surface area contributed by atoms with Crippen LogP contribution in [0.2, 0.25) is 0 Å². The summed E-state index contributed by atoms with van der Waals surface area (Å²) in [7, 11) is 8.00. The van der Waals surface area contributed by atoms with Crippen LogP contribution in [-0.2, 0) is 0 Å². The van der Waals surface area contributed by atoms with E-state index in [0.29, 0.717) is 0 Å². The maximum atomic E-state index is 4.00. The molecule has 0 nitrogen and oxygen atoms in total. The molecule has 0 saturated carbocycles. The fourth-order valence-corrected chi connectivity index (χ4v) is 0. The summed E-state index contributed by atoms with van der Waals surface area (Å²) in [5.74, 6) is 0. The maximum Gasteiger partial charge on any atom is 0 e. The summed E-state index contributed by atoms with van der Waals surface area (Å²) < 4.78 is 0. The van der Waals surface area contributed by atoms with Crippen molar-refractivity contribution in [2.75, 3.05) is 6.26 Å². The van der Waals surface area contributed by atoms with Crippen molar-refractivity contribution in [3.05, 3.63) is 0 Å². The Hall–Kier alpha value is 0.480. The lowest BCUT2D eigenvalue weighted by atomic mass is 9.81. The highest BCUT2D eigenvalue weighted by molar-refractivity contribution is 7.79. The summed E-state index contributed by atoms with van der Waals surface area (Å²) in [4.78, 5) is 0. The molecule has 4 heavy (non-hydrogen) atoms. The summed E-state index contributed by atoms with van der Waals surface area (Å²) >= 11 is 3.53. The van der Waals surface area contributed by atoms with Crippen LogP contribution in [0.25, 0.3) is 0 Å². The van der Waals surface area contributed by atoms with E-state index in [2.05, 4.69) is 28.1 Å². The Morgan fingerprint density at radius 3 is 1.25 bits per heavy atom. The zero-order chi connectivity index (χ0) is 4.00. The maximum absolute atomic E-state index is 4.00. The molecule has 0 saturated heterocycles. The standard InChI is InChI=1S/CH4S.B2/c2*1-2/h2H,1H3;. The second-order valence-electron chi connectivity index (χ2n) is 0. The van der Waals surface area contributed by atoms with Crippen LogP contribution in [0.15, 0.2) is 0 Å². The van der Waals surface area contributed by atoms with Gasteiger partial charge in [-0.25, -0.2) is 0 Å². The molecule has 0 aromatic rings. The van der Waals surface area contributed by atoms with E-state index in [9.17, 15) is 0 Å². The predicted molar refractivity (Wildman–Crippen MR) is 26.4 cm³/mol. The quantitative estimate of drug-likeness (QED) is 0.295. The van der Waals surface area contributed by atoms with Crippen LogP contribution in [0.1, 0.15) is 0 Å². The van der Waals surface area contributed by atoms with Crippen molar-refractivity contribution in [1.82, 2.24) is 0 Å². The summed E-state index contributed by atoms with van der Waals surface area (Å²) in [5, 5.41) is 0.